The number of aromatic nitrogens is 2. The van der Waals surface area contributed by atoms with E-state index in [1.807, 2.05) is 54.6 Å². The van der Waals surface area contributed by atoms with Crippen LogP contribution in [0.25, 0.3) is 5.69 Å². The Balaban J connectivity index is 1.81. The number of nitrogens with zero attached hydrogens (tertiary/aromatic N) is 2. The molecule has 0 aliphatic heterocycles. The lowest BCUT2D eigenvalue weighted by molar-refractivity contribution is -0.118. The minimum Gasteiger partial charge on any atom is -0.497 e. The van der Waals surface area contributed by atoms with Gasteiger partial charge in [0.15, 0.2) is 5.69 Å². The van der Waals surface area contributed by atoms with Crippen molar-refractivity contribution >= 4 is 17.6 Å². The lowest BCUT2D eigenvalue weighted by Gasteiger charge is -2.10. The van der Waals surface area contributed by atoms with E-state index in [2.05, 4.69) is 15.7 Å². The first-order valence-electron chi connectivity index (χ1n) is 9.35. The molecule has 0 saturated heterocycles. The summed E-state index contributed by atoms with van der Waals surface area (Å²) in [5, 5.41) is 10.1. The highest BCUT2D eigenvalue weighted by Gasteiger charge is 2.18. The highest BCUT2D eigenvalue weighted by Crippen LogP contribution is 2.18. The van der Waals surface area contributed by atoms with Gasteiger partial charge in [0.2, 0.25) is 5.91 Å². The van der Waals surface area contributed by atoms with Gasteiger partial charge in [-0.2, -0.15) is 5.10 Å². The second kappa shape index (κ2) is 9.05. The molecule has 7 heteroatoms. The Hall–Kier alpha value is -3.61. The Kier molecular flexibility index (Phi) is 6.29. The monoisotopic (exact) mass is 392 g/mol. The summed E-state index contributed by atoms with van der Waals surface area (Å²) < 4.78 is 6.76. The summed E-state index contributed by atoms with van der Waals surface area (Å²) in [6, 6.07) is 18.4. The van der Waals surface area contributed by atoms with Crippen LogP contribution in [0.4, 0.5) is 5.82 Å². The second-order valence-corrected chi connectivity index (χ2v) is 6.84. The van der Waals surface area contributed by atoms with Gasteiger partial charge in [0.05, 0.1) is 12.8 Å². The average molecular weight is 392 g/mol. The van der Waals surface area contributed by atoms with Crippen molar-refractivity contribution < 1.29 is 14.3 Å². The predicted molar refractivity (Wildman–Crippen MR) is 111 cm³/mol. The first kappa shape index (κ1) is 20.1. The first-order chi connectivity index (χ1) is 14.0. The molecule has 0 unspecified atom stereocenters. The molecule has 0 bridgehead atoms. The van der Waals surface area contributed by atoms with Crippen LogP contribution in [-0.4, -0.2) is 28.7 Å². The Labute approximate surface area is 169 Å². The molecule has 7 nitrogen and oxygen atoms in total. The SMILES string of the molecule is COc1cccc(CNC(=O)c2cc(NC(=O)C(C)C)n(-c3ccccc3)n2)c1. The maximum Gasteiger partial charge on any atom is 0.272 e. The van der Waals surface area contributed by atoms with Crippen LogP contribution >= 0.6 is 0 Å². The maximum atomic E-state index is 12.7. The summed E-state index contributed by atoms with van der Waals surface area (Å²) in [4.78, 5) is 24.8. The van der Waals surface area contributed by atoms with Crippen LogP contribution < -0.4 is 15.4 Å². The Morgan fingerprint density at radius 3 is 2.52 bits per heavy atom. The number of amides is 2. The van der Waals surface area contributed by atoms with Crippen LogP contribution in [0.1, 0.15) is 29.9 Å². The predicted octanol–water partition coefficient (Wildman–Crippen LogP) is 3.41. The molecular weight excluding hydrogens is 368 g/mol. The van der Waals surface area contributed by atoms with Gasteiger partial charge in [-0.1, -0.05) is 44.2 Å². The molecule has 150 valence electrons. The lowest BCUT2D eigenvalue weighted by Crippen LogP contribution is -2.23. The van der Waals surface area contributed by atoms with Crippen molar-refractivity contribution in [1.82, 2.24) is 15.1 Å². The van der Waals surface area contributed by atoms with Crippen LogP contribution in [0.5, 0.6) is 5.75 Å². The molecule has 2 N–H and O–H groups in total. The van der Waals surface area contributed by atoms with Gasteiger partial charge in [0.1, 0.15) is 11.6 Å². The molecule has 3 rings (SSSR count). The zero-order valence-corrected chi connectivity index (χ0v) is 16.7. The van der Waals surface area contributed by atoms with Crippen LogP contribution in [0.3, 0.4) is 0 Å². The van der Waals surface area contributed by atoms with E-state index in [9.17, 15) is 9.59 Å². The number of nitrogens with one attached hydrogen (secondary N) is 2. The number of carbonyl (C=O) groups excluding carboxylic acids is 2. The number of carbonyl (C=O) groups is 2. The number of ether oxygens (including phenoxy) is 1. The molecule has 29 heavy (non-hydrogen) atoms. The molecule has 0 atom stereocenters. The Morgan fingerprint density at radius 2 is 1.83 bits per heavy atom. The van der Waals surface area contributed by atoms with Crippen molar-refractivity contribution in [1.29, 1.82) is 0 Å². The van der Waals surface area contributed by atoms with Crippen molar-refractivity contribution in [2.45, 2.75) is 20.4 Å². The summed E-state index contributed by atoms with van der Waals surface area (Å²) in [6.45, 7) is 3.95. The number of para-hydroxylation sites is 1. The van der Waals surface area contributed by atoms with E-state index in [0.29, 0.717) is 12.4 Å². The number of benzene rings is 2. The van der Waals surface area contributed by atoms with Crippen molar-refractivity contribution in [2.75, 3.05) is 12.4 Å². The minimum absolute atomic E-state index is 0.148. The van der Waals surface area contributed by atoms with E-state index in [0.717, 1.165) is 17.0 Å². The van der Waals surface area contributed by atoms with Crippen LogP contribution in [-0.2, 0) is 11.3 Å². The van der Waals surface area contributed by atoms with Gasteiger partial charge in [-0.15, -0.1) is 0 Å². The molecular formula is C22H24N4O3. The third kappa shape index (κ3) is 5.01. The molecule has 1 heterocycles. The molecule has 0 aliphatic carbocycles. The molecule has 0 saturated carbocycles. The number of hydrogen-bond acceptors (Lipinski definition) is 4. The van der Waals surface area contributed by atoms with Gasteiger partial charge < -0.3 is 15.4 Å². The summed E-state index contributed by atoms with van der Waals surface area (Å²) in [7, 11) is 1.60. The van der Waals surface area contributed by atoms with Crippen LogP contribution in [0.2, 0.25) is 0 Å². The van der Waals surface area contributed by atoms with E-state index in [4.69, 9.17) is 4.74 Å². The van der Waals surface area contributed by atoms with Gasteiger partial charge in [0, 0.05) is 18.5 Å². The normalized spacial score (nSPS) is 10.6. The first-order valence-corrected chi connectivity index (χ1v) is 9.35. The fraction of sp³-hybridized carbons (Fsp3) is 0.227. The van der Waals surface area contributed by atoms with E-state index in [-0.39, 0.29) is 23.4 Å². The minimum atomic E-state index is -0.331. The second-order valence-electron chi connectivity index (χ2n) is 6.84. The zero-order valence-electron chi connectivity index (χ0n) is 16.7. The zero-order chi connectivity index (χ0) is 20.8. The van der Waals surface area contributed by atoms with E-state index >= 15 is 0 Å². The maximum absolute atomic E-state index is 12.7. The van der Waals surface area contributed by atoms with Crippen LogP contribution in [0.15, 0.2) is 60.7 Å². The molecule has 3 aromatic rings. The fourth-order valence-electron chi connectivity index (χ4n) is 2.67. The van der Waals surface area contributed by atoms with Gasteiger partial charge >= 0.3 is 0 Å². The lowest BCUT2D eigenvalue weighted by atomic mass is 10.2. The topological polar surface area (TPSA) is 85.3 Å². The van der Waals surface area contributed by atoms with Crippen molar-refractivity contribution in [2.24, 2.45) is 5.92 Å². The van der Waals surface area contributed by atoms with Crippen LogP contribution in [0, 0.1) is 5.92 Å². The molecule has 0 fully saturated rings. The number of hydrogen-bond donors (Lipinski definition) is 2. The third-order valence-electron chi connectivity index (χ3n) is 4.31. The quantitative estimate of drug-likeness (QED) is 0.645. The van der Waals surface area contributed by atoms with E-state index in [1.165, 1.54) is 0 Å². The summed E-state index contributed by atoms with van der Waals surface area (Å²) in [6.07, 6.45) is 0. The van der Waals surface area contributed by atoms with Crippen molar-refractivity contribution in [3.05, 3.63) is 71.9 Å². The average Bonchev–Trinajstić information content (AvgIpc) is 3.16. The summed E-state index contributed by atoms with van der Waals surface area (Å²) in [5.41, 5.74) is 1.88. The summed E-state index contributed by atoms with van der Waals surface area (Å²) in [5.74, 6) is 0.498. The van der Waals surface area contributed by atoms with E-state index in [1.54, 1.807) is 31.7 Å². The highest BCUT2D eigenvalue weighted by molar-refractivity contribution is 5.96. The fourth-order valence-corrected chi connectivity index (χ4v) is 2.67. The van der Waals surface area contributed by atoms with Gasteiger partial charge in [-0.05, 0) is 29.8 Å². The number of anilines is 1. The molecule has 1 aromatic heterocycles. The molecule has 0 spiro atoms. The summed E-state index contributed by atoms with van der Waals surface area (Å²) >= 11 is 0. The number of rotatable bonds is 7. The standard InChI is InChI=1S/C22H24N4O3/c1-15(2)21(27)24-20-13-19(25-26(20)17-9-5-4-6-10-17)22(28)23-14-16-8-7-11-18(12-16)29-3/h4-13,15H,14H2,1-3H3,(H,23,28)(H,24,27). The number of methoxy groups -OCH3 is 1. The molecule has 2 amide bonds. The van der Waals surface area contributed by atoms with Crippen molar-refractivity contribution in [3.63, 3.8) is 0 Å². The molecule has 2 aromatic carbocycles. The van der Waals surface area contributed by atoms with Gasteiger partial charge in [-0.3, -0.25) is 9.59 Å². The largest absolute Gasteiger partial charge is 0.497 e. The van der Waals surface area contributed by atoms with Gasteiger partial charge in [-0.25, -0.2) is 4.68 Å². The Morgan fingerprint density at radius 1 is 1.07 bits per heavy atom. The third-order valence-corrected chi connectivity index (χ3v) is 4.31. The Bertz CT molecular complexity index is 996. The molecule has 0 radical (unpaired) electrons. The highest BCUT2D eigenvalue weighted by atomic mass is 16.5. The van der Waals surface area contributed by atoms with Crippen molar-refractivity contribution in [3.8, 4) is 11.4 Å². The van der Waals surface area contributed by atoms with E-state index < -0.39 is 0 Å². The molecule has 0 aliphatic rings. The van der Waals surface area contributed by atoms with Gasteiger partial charge in [0.25, 0.3) is 5.91 Å². The smallest absolute Gasteiger partial charge is 0.272 e.